The van der Waals surface area contributed by atoms with Crippen LogP contribution in [0.15, 0.2) is 12.4 Å². The third-order valence-electron chi connectivity index (χ3n) is 1.76. The first-order valence-corrected chi connectivity index (χ1v) is 4.14. The minimum Gasteiger partial charge on any atom is -0.344 e. The summed E-state index contributed by atoms with van der Waals surface area (Å²) in [6.07, 6.45) is 2.36. The van der Waals surface area contributed by atoms with Gasteiger partial charge in [0.2, 0.25) is 0 Å². The molecule has 12 heavy (non-hydrogen) atoms. The predicted molar refractivity (Wildman–Crippen MR) is 48.4 cm³/mol. The molecule has 5 heteroatoms. The zero-order valence-corrected chi connectivity index (χ0v) is 7.69. The van der Waals surface area contributed by atoms with Gasteiger partial charge in [0.15, 0.2) is 0 Å². The molecule has 0 N–H and O–H groups in total. The van der Waals surface area contributed by atoms with Gasteiger partial charge in [-0.25, -0.2) is 4.68 Å². The lowest BCUT2D eigenvalue weighted by Gasteiger charge is -2.21. The van der Waals surface area contributed by atoms with Crippen LogP contribution >= 0.6 is 0 Å². The molecule has 1 aromatic rings. The quantitative estimate of drug-likeness (QED) is 0.621. The summed E-state index contributed by atoms with van der Waals surface area (Å²) in [6, 6.07) is 0. The van der Waals surface area contributed by atoms with Crippen molar-refractivity contribution >= 4 is 11.8 Å². The lowest BCUT2D eigenvalue weighted by atomic mass is 9.28. The molecule has 0 spiro atoms. The van der Waals surface area contributed by atoms with Crippen LogP contribution in [0.5, 0.6) is 0 Å². The molecule has 0 unspecified atom stereocenters. The number of hydrogen-bond donors (Lipinski definition) is 0. The van der Waals surface area contributed by atoms with Gasteiger partial charge in [0.25, 0.3) is 0 Å². The Balaban J connectivity index is 2.60. The Kier molecular flexibility index (Phi) is 2.31. The van der Waals surface area contributed by atoms with Gasteiger partial charge in [0, 0.05) is 6.20 Å². The van der Waals surface area contributed by atoms with E-state index in [2.05, 4.69) is 10.3 Å². The summed E-state index contributed by atoms with van der Waals surface area (Å²) in [6.45, 7) is 6.21. The molecule has 0 atom stereocenters. The van der Waals surface area contributed by atoms with E-state index >= 15 is 0 Å². The number of carbonyl (C=O) groups excluding carboxylic acids is 1. The lowest BCUT2D eigenvalue weighted by Crippen LogP contribution is -2.36. The molecular weight excluding hydrogens is 153 g/mol. The van der Waals surface area contributed by atoms with Gasteiger partial charge in [0.05, 0.1) is 18.9 Å². The first-order valence-electron chi connectivity index (χ1n) is 4.14. The number of rotatable bonds is 3. The fourth-order valence-corrected chi connectivity index (χ4v) is 0.751. The van der Waals surface area contributed by atoms with Crippen LogP contribution in [-0.2, 0) is 11.3 Å². The summed E-state index contributed by atoms with van der Waals surface area (Å²) < 4.78 is 1.55. The molecule has 66 valence electrons. The van der Waals surface area contributed by atoms with Crippen LogP contribution in [0.3, 0.4) is 0 Å². The second kappa shape index (κ2) is 3.09. The van der Waals surface area contributed by atoms with Gasteiger partial charge in [-0.2, -0.15) is 20.5 Å². The highest BCUT2D eigenvalue weighted by atomic mass is 16.1. The number of aromatic nitrogens is 3. The van der Waals surface area contributed by atoms with Crippen molar-refractivity contribution in [2.75, 3.05) is 0 Å². The average molecular weight is 166 g/mol. The van der Waals surface area contributed by atoms with E-state index in [1.165, 1.54) is 0 Å². The predicted octanol–water partition coefficient (Wildman–Crippen LogP) is 0.725. The van der Waals surface area contributed by atoms with Gasteiger partial charge in [-0.3, -0.25) is 0 Å². The molecule has 0 aliphatic rings. The fraction of sp³-hybridized carbons (Fsp3) is 0.571. The van der Waals surface area contributed by atoms with E-state index in [4.69, 9.17) is 0 Å². The van der Waals surface area contributed by atoms with Crippen LogP contribution < -0.4 is 0 Å². The molecule has 0 amide bonds. The third-order valence-corrected chi connectivity index (χ3v) is 1.76. The van der Waals surface area contributed by atoms with E-state index in [0.29, 0.717) is 6.54 Å². The summed E-state index contributed by atoms with van der Waals surface area (Å²) in [5.41, 5.74) is 0.223. The van der Waals surface area contributed by atoms with Crippen LogP contribution in [0.4, 0.5) is 0 Å². The zero-order chi connectivity index (χ0) is 9.19. The van der Waals surface area contributed by atoms with Crippen LogP contribution in [0.1, 0.15) is 0 Å². The van der Waals surface area contributed by atoms with Gasteiger partial charge in [-0.15, -0.1) is 5.10 Å². The van der Waals surface area contributed by atoms with Gasteiger partial charge in [-0.05, 0) is 5.68 Å². The van der Waals surface area contributed by atoms with Crippen molar-refractivity contribution in [2.45, 2.75) is 27.0 Å². The van der Waals surface area contributed by atoms with Gasteiger partial charge in [-0.1, -0.05) is 5.21 Å². The van der Waals surface area contributed by atoms with Crippen molar-refractivity contribution in [3.8, 4) is 0 Å². The van der Waals surface area contributed by atoms with Gasteiger partial charge in [0.1, 0.15) is 0 Å². The Morgan fingerprint density at radius 1 is 1.50 bits per heavy atom. The summed E-state index contributed by atoms with van der Waals surface area (Å²) in [7, 11) is 0. The highest BCUT2D eigenvalue weighted by Gasteiger charge is 2.15. The first-order chi connectivity index (χ1) is 5.50. The molecular formula is C7H13BN3O-. The Labute approximate surface area is 71.9 Å². The minimum absolute atomic E-state index is 0.223. The normalized spacial score (nSPS) is 11.6. The third kappa shape index (κ3) is 2.18. The monoisotopic (exact) mass is 166 g/mol. The molecule has 0 aromatic carbocycles. The maximum absolute atomic E-state index is 11.5. The van der Waals surface area contributed by atoms with E-state index in [-0.39, 0.29) is 5.68 Å². The average Bonchev–Trinajstić information content (AvgIpc) is 2.37. The van der Waals surface area contributed by atoms with Crippen LogP contribution in [0.2, 0.25) is 20.5 Å². The molecule has 1 aromatic heterocycles. The molecule has 0 radical (unpaired) electrons. The molecule has 0 fully saturated rings. The van der Waals surface area contributed by atoms with E-state index < -0.39 is 6.15 Å². The highest BCUT2D eigenvalue weighted by molar-refractivity contribution is 7.03. The second-order valence-electron chi connectivity index (χ2n) is 4.17. The minimum atomic E-state index is -0.905. The van der Waals surface area contributed by atoms with E-state index in [1.54, 1.807) is 17.1 Å². The fourth-order valence-electron chi connectivity index (χ4n) is 0.751. The van der Waals surface area contributed by atoms with Crippen LogP contribution in [0.25, 0.3) is 0 Å². The largest absolute Gasteiger partial charge is 0.344 e. The Bertz CT molecular complexity index is 263. The molecule has 0 aliphatic heterocycles. The van der Waals surface area contributed by atoms with E-state index in [0.717, 1.165) is 0 Å². The van der Waals surface area contributed by atoms with Crippen molar-refractivity contribution in [1.82, 2.24) is 15.0 Å². The standard InChI is InChI=1S/C7H13BN3O/c1-8(2,3)7(12)6-11-5-4-9-10-11/h4-5H,6H2,1-3H3/q-1. The van der Waals surface area contributed by atoms with Crippen LogP contribution in [-0.4, -0.2) is 26.8 Å². The maximum Gasteiger partial charge on any atom is 0.0693 e. The van der Waals surface area contributed by atoms with Crippen molar-refractivity contribution in [1.29, 1.82) is 0 Å². The van der Waals surface area contributed by atoms with Gasteiger partial charge < -0.3 is 4.79 Å². The number of hydrogen-bond acceptors (Lipinski definition) is 3. The molecule has 1 rings (SSSR count). The Morgan fingerprint density at radius 2 is 2.17 bits per heavy atom. The number of carbonyl (C=O) groups is 1. The first kappa shape index (κ1) is 8.97. The van der Waals surface area contributed by atoms with Gasteiger partial charge >= 0.3 is 0 Å². The topological polar surface area (TPSA) is 47.8 Å². The molecule has 0 saturated heterocycles. The second-order valence-corrected chi connectivity index (χ2v) is 4.17. The Morgan fingerprint density at radius 3 is 2.58 bits per heavy atom. The van der Waals surface area contributed by atoms with Crippen molar-refractivity contribution in [2.24, 2.45) is 0 Å². The summed E-state index contributed by atoms with van der Waals surface area (Å²) in [4.78, 5) is 11.5. The number of nitrogens with zero attached hydrogens (tertiary/aromatic N) is 3. The van der Waals surface area contributed by atoms with Crippen LogP contribution in [0, 0.1) is 0 Å². The van der Waals surface area contributed by atoms with Crippen molar-refractivity contribution in [3.63, 3.8) is 0 Å². The highest BCUT2D eigenvalue weighted by Crippen LogP contribution is 2.03. The van der Waals surface area contributed by atoms with Crippen molar-refractivity contribution < 1.29 is 4.79 Å². The van der Waals surface area contributed by atoms with E-state index in [1.807, 2.05) is 20.5 Å². The van der Waals surface area contributed by atoms with Crippen molar-refractivity contribution in [3.05, 3.63) is 12.4 Å². The SMILES string of the molecule is C[B-](C)(C)C(=O)Cn1ccnn1. The summed E-state index contributed by atoms with van der Waals surface area (Å²) >= 11 is 0. The summed E-state index contributed by atoms with van der Waals surface area (Å²) in [5, 5.41) is 7.35. The lowest BCUT2D eigenvalue weighted by molar-refractivity contribution is -0.113. The maximum atomic E-state index is 11.5. The molecule has 0 saturated carbocycles. The smallest absolute Gasteiger partial charge is 0.0693 e. The molecule has 0 aliphatic carbocycles. The Hall–Kier alpha value is -1.13. The zero-order valence-electron chi connectivity index (χ0n) is 7.69. The summed E-state index contributed by atoms with van der Waals surface area (Å²) in [5.74, 6) is 0. The van der Waals surface area contributed by atoms with E-state index in [9.17, 15) is 4.79 Å². The molecule has 4 nitrogen and oxygen atoms in total. The molecule has 0 bridgehead atoms. The molecule has 1 heterocycles.